The van der Waals surface area contributed by atoms with Gasteiger partial charge in [-0.3, -0.25) is 0 Å². The van der Waals surface area contributed by atoms with Gasteiger partial charge in [-0.05, 0) is 13.1 Å². The Labute approximate surface area is 90.3 Å². The highest BCUT2D eigenvalue weighted by Gasteiger charge is 2.21. The lowest BCUT2D eigenvalue weighted by Crippen LogP contribution is -2.43. The van der Waals surface area contributed by atoms with E-state index in [2.05, 4.69) is 28.3 Å². The van der Waals surface area contributed by atoms with Crippen LogP contribution in [0.4, 0.5) is 0 Å². The third kappa shape index (κ3) is 2.27. The Morgan fingerprint density at radius 1 is 1.60 bits per heavy atom. The van der Waals surface area contributed by atoms with E-state index in [1.807, 2.05) is 6.07 Å². The predicted molar refractivity (Wildman–Crippen MR) is 59.0 cm³/mol. The van der Waals surface area contributed by atoms with Gasteiger partial charge >= 0.3 is 0 Å². The summed E-state index contributed by atoms with van der Waals surface area (Å²) in [7, 11) is 3.80. The second kappa shape index (κ2) is 4.59. The molecule has 1 fully saturated rings. The molecule has 0 saturated carbocycles. The van der Waals surface area contributed by atoms with Crippen LogP contribution in [0.1, 0.15) is 11.6 Å². The second-order valence-corrected chi connectivity index (χ2v) is 3.87. The van der Waals surface area contributed by atoms with Gasteiger partial charge in [0.2, 0.25) is 5.88 Å². The fourth-order valence-corrected chi connectivity index (χ4v) is 1.94. The highest BCUT2D eigenvalue weighted by Crippen LogP contribution is 2.23. The molecule has 0 spiro atoms. The number of hydrogen-bond donors (Lipinski definition) is 1. The molecule has 4 nitrogen and oxygen atoms in total. The van der Waals surface area contributed by atoms with Gasteiger partial charge in [0, 0.05) is 31.4 Å². The van der Waals surface area contributed by atoms with Crippen molar-refractivity contribution in [3.8, 4) is 5.88 Å². The van der Waals surface area contributed by atoms with Crippen molar-refractivity contribution in [3.05, 3.63) is 23.9 Å². The maximum Gasteiger partial charge on any atom is 0.217 e. The molecule has 0 bridgehead atoms. The van der Waals surface area contributed by atoms with Crippen molar-refractivity contribution < 1.29 is 4.74 Å². The summed E-state index contributed by atoms with van der Waals surface area (Å²) < 4.78 is 5.26. The van der Waals surface area contributed by atoms with Gasteiger partial charge in [0.15, 0.2) is 0 Å². The minimum atomic E-state index is 0.326. The van der Waals surface area contributed by atoms with Crippen LogP contribution in [0.5, 0.6) is 5.88 Å². The van der Waals surface area contributed by atoms with Crippen molar-refractivity contribution in [2.24, 2.45) is 0 Å². The van der Waals surface area contributed by atoms with Gasteiger partial charge < -0.3 is 15.0 Å². The van der Waals surface area contributed by atoms with E-state index in [-0.39, 0.29) is 0 Å². The van der Waals surface area contributed by atoms with Gasteiger partial charge in [-0.15, -0.1) is 0 Å². The van der Waals surface area contributed by atoms with Crippen LogP contribution in [0, 0.1) is 0 Å². The molecule has 15 heavy (non-hydrogen) atoms. The van der Waals surface area contributed by atoms with Crippen molar-refractivity contribution in [1.29, 1.82) is 0 Å². The Kier molecular flexibility index (Phi) is 3.18. The molecule has 82 valence electrons. The maximum atomic E-state index is 5.26. The monoisotopic (exact) mass is 207 g/mol. The molecule has 1 aromatic rings. The van der Waals surface area contributed by atoms with Crippen LogP contribution in [-0.2, 0) is 0 Å². The van der Waals surface area contributed by atoms with E-state index in [1.54, 1.807) is 13.3 Å². The van der Waals surface area contributed by atoms with Crippen molar-refractivity contribution in [3.63, 3.8) is 0 Å². The third-order valence-corrected chi connectivity index (χ3v) is 2.75. The Balaban J connectivity index is 2.20. The van der Waals surface area contributed by atoms with Crippen LogP contribution >= 0.6 is 0 Å². The molecule has 0 amide bonds. The zero-order chi connectivity index (χ0) is 10.7. The molecule has 2 heterocycles. The zero-order valence-electron chi connectivity index (χ0n) is 9.23. The Morgan fingerprint density at radius 3 is 3.20 bits per heavy atom. The number of methoxy groups -OCH3 is 1. The summed E-state index contributed by atoms with van der Waals surface area (Å²) >= 11 is 0. The first-order chi connectivity index (χ1) is 7.31. The Bertz CT molecular complexity index is 329. The molecule has 1 saturated heterocycles. The number of hydrogen-bond acceptors (Lipinski definition) is 4. The average molecular weight is 207 g/mol. The summed E-state index contributed by atoms with van der Waals surface area (Å²) in [5.74, 6) is 0.727. The maximum absolute atomic E-state index is 5.26. The second-order valence-electron chi connectivity index (χ2n) is 3.87. The van der Waals surface area contributed by atoms with E-state index in [0.717, 1.165) is 31.1 Å². The van der Waals surface area contributed by atoms with E-state index in [0.29, 0.717) is 6.04 Å². The van der Waals surface area contributed by atoms with E-state index < -0.39 is 0 Å². The smallest absolute Gasteiger partial charge is 0.217 e. The molecule has 0 aliphatic carbocycles. The van der Waals surface area contributed by atoms with E-state index in [4.69, 9.17) is 4.74 Å². The number of aromatic nitrogens is 1. The fourth-order valence-electron chi connectivity index (χ4n) is 1.94. The molecular weight excluding hydrogens is 190 g/mol. The van der Waals surface area contributed by atoms with Crippen LogP contribution in [-0.4, -0.2) is 43.7 Å². The van der Waals surface area contributed by atoms with Gasteiger partial charge in [-0.2, -0.15) is 0 Å². The molecule has 1 aliphatic rings. The van der Waals surface area contributed by atoms with E-state index in [1.165, 1.54) is 0 Å². The first-order valence-corrected chi connectivity index (χ1v) is 5.22. The number of nitrogens with zero attached hydrogens (tertiary/aromatic N) is 2. The molecule has 1 atom stereocenters. The highest BCUT2D eigenvalue weighted by molar-refractivity contribution is 5.29. The number of ether oxygens (including phenoxy) is 1. The average Bonchev–Trinajstić information content (AvgIpc) is 2.29. The minimum absolute atomic E-state index is 0.326. The largest absolute Gasteiger partial charge is 0.481 e. The Hall–Kier alpha value is -1.13. The summed E-state index contributed by atoms with van der Waals surface area (Å²) in [6, 6.07) is 4.35. The highest BCUT2D eigenvalue weighted by atomic mass is 16.5. The van der Waals surface area contributed by atoms with Gasteiger partial charge in [0.25, 0.3) is 0 Å². The van der Waals surface area contributed by atoms with E-state index >= 15 is 0 Å². The number of nitrogens with one attached hydrogen (secondary N) is 1. The van der Waals surface area contributed by atoms with Crippen molar-refractivity contribution in [2.75, 3.05) is 33.8 Å². The van der Waals surface area contributed by atoms with Gasteiger partial charge in [0.05, 0.1) is 13.2 Å². The predicted octanol–water partition coefficient (Wildman–Crippen LogP) is 0.666. The molecule has 2 rings (SSSR count). The molecule has 1 unspecified atom stereocenters. The number of piperazine rings is 1. The van der Waals surface area contributed by atoms with Gasteiger partial charge in [-0.1, -0.05) is 6.07 Å². The van der Waals surface area contributed by atoms with Gasteiger partial charge in [-0.25, -0.2) is 4.98 Å². The van der Waals surface area contributed by atoms with Crippen LogP contribution < -0.4 is 10.1 Å². The fraction of sp³-hybridized carbons (Fsp3) is 0.545. The number of pyridine rings is 1. The Morgan fingerprint density at radius 2 is 2.47 bits per heavy atom. The molecular formula is C11H17N3O. The number of rotatable bonds is 2. The van der Waals surface area contributed by atoms with Crippen LogP contribution in [0.15, 0.2) is 18.3 Å². The third-order valence-electron chi connectivity index (χ3n) is 2.75. The summed E-state index contributed by atoms with van der Waals surface area (Å²) in [6.07, 6.45) is 1.76. The molecule has 1 N–H and O–H groups in total. The normalized spacial score (nSPS) is 22.7. The topological polar surface area (TPSA) is 37.4 Å². The van der Waals surface area contributed by atoms with Gasteiger partial charge in [0.1, 0.15) is 0 Å². The minimum Gasteiger partial charge on any atom is -0.481 e. The van der Waals surface area contributed by atoms with Crippen LogP contribution in [0.2, 0.25) is 0 Å². The van der Waals surface area contributed by atoms with Crippen molar-refractivity contribution in [2.45, 2.75) is 6.04 Å². The van der Waals surface area contributed by atoms with Crippen LogP contribution in [0.25, 0.3) is 0 Å². The molecule has 1 aromatic heterocycles. The molecule has 1 aliphatic heterocycles. The summed E-state index contributed by atoms with van der Waals surface area (Å²) in [5, 5.41) is 3.48. The molecule has 0 radical (unpaired) electrons. The van der Waals surface area contributed by atoms with E-state index in [9.17, 15) is 0 Å². The first kappa shape index (κ1) is 10.4. The summed E-state index contributed by atoms with van der Waals surface area (Å²) in [6.45, 7) is 3.11. The van der Waals surface area contributed by atoms with Crippen molar-refractivity contribution in [1.82, 2.24) is 15.2 Å². The molecule has 0 aromatic carbocycles. The zero-order valence-corrected chi connectivity index (χ0v) is 9.23. The number of likely N-dealkylation sites (N-methyl/N-ethyl adjacent to an activating group) is 1. The SMILES string of the molecule is COc1ncccc1C1CN(C)CCN1. The lowest BCUT2D eigenvalue weighted by Gasteiger charge is -2.31. The summed E-state index contributed by atoms with van der Waals surface area (Å²) in [5.41, 5.74) is 1.14. The van der Waals surface area contributed by atoms with Crippen molar-refractivity contribution >= 4 is 0 Å². The van der Waals surface area contributed by atoms with Crippen LogP contribution in [0.3, 0.4) is 0 Å². The standard InChI is InChI=1S/C11H17N3O/c1-14-7-6-12-10(8-14)9-4-3-5-13-11(9)15-2/h3-5,10,12H,6-8H2,1-2H3. The lowest BCUT2D eigenvalue weighted by molar-refractivity contribution is 0.236. The first-order valence-electron chi connectivity index (χ1n) is 5.22. The quantitative estimate of drug-likeness (QED) is 0.773. The molecule has 4 heteroatoms. The summed E-state index contributed by atoms with van der Waals surface area (Å²) in [4.78, 5) is 6.53. The lowest BCUT2D eigenvalue weighted by atomic mass is 10.1.